The van der Waals surface area contributed by atoms with E-state index in [4.69, 9.17) is 10.2 Å². The zero-order chi connectivity index (χ0) is 14.8. The van der Waals surface area contributed by atoms with Gasteiger partial charge in [0.15, 0.2) is 6.17 Å². The van der Waals surface area contributed by atoms with E-state index in [0.29, 0.717) is 6.42 Å². The first-order valence-electron chi connectivity index (χ1n) is 6.27. The maximum Gasteiger partial charge on any atom is 0.326 e. The molecule has 3 N–H and O–H groups in total. The van der Waals surface area contributed by atoms with Crippen molar-refractivity contribution < 1.29 is 29.0 Å². The summed E-state index contributed by atoms with van der Waals surface area (Å²) < 4.78 is 13.4. The highest BCUT2D eigenvalue weighted by Gasteiger charge is 2.25. The van der Waals surface area contributed by atoms with Gasteiger partial charge in [-0.05, 0) is 12.8 Å². The van der Waals surface area contributed by atoms with Crippen LogP contribution < -0.4 is 5.32 Å². The van der Waals surface area contributed by atoms with Crippen molar-refractivity contribution in [1.82, 2.24) is 5.32 Å². The van der Waals surface area contributed by atoms with Crippen molar-refractivity contribution in [1.29, 1.82) is 0 Å². The van der Waals surface area contributed by atoms with Crippen LogP contribution in [0.5, 0.6) is 0 Å². The van der Waals surface area contributed by atoms with Gasteiger partial charge in [0.25, 0.3) is 5.91 Å². The maximum absolute atomic E-state index is 13.4. The molecule has 0 rings (SSSR count). The number of carboxylic acids is 2. The normalized spacial score (nSPS) is 13.6. The van der Waals surface area contributed by atoms with Crippen LogP contribution >= 0.6 is 0 Å². The summed E-state index contributed by atoms with van der Waals surface area (Å²) in [5.74, 6) is -3.52. The molecule has 19 heavy (non-hydrogen) atoms. The minimum absolute atomic E-state index is 0.0466. The van der Waals surface area contributed by atoms with Crippen LogP contribution in [0.15, 0.2) is 0 Å². The number of carbonyl (C=O) groups excluding carboxylic acids is 1. The van der Waals surface area contributed by atoms with Crippen molar-refractivity contribution in [2.75, 3.05) is 0 Å². The predicted molar refractivity (Wildman–Crippen MR) is 65.5 cm³/mol. The molecule has 0 aliphatic rings. The summed E-state index contributed by atoms with van der Waals surface area (Å²) >= 11 is 0. The van der Waals surface area contributed by atoms with Gasteiger partial charge in [0.05, 0.1) is 0 Å². The first-order valence-corrected chi connectivity index (χ1v) is 6.27. The topological polar surface area (TPSA) is 104 Å². The van der Waals surface area contributed by atoms with Gasteiger partial charge in [-0.15, -0.1) is 0 Å². The van der Waals surface area contributed by atoms with Crippen LogP contribution in [-0.4, -0.2) is 40.3 Å². The second-order valence-electron chi connectivity index (χ2n) is 4.30. The molecule has 0 bridgehead atoms. The molecular weight excluding hydrogens is 257 g/mol. The van der Waals surface area contributed by atoms with Crippen molar-refractivity contribution in [3.8, 4) is 0 Å². The number of hydrogen-bond acceptors (Lipinski definition) is 3. The summed E-state index contributed by atoms with van der Waals surface area (Å²) in [4.78, 5) is 32.5. The minimum atomic E-state index is -1.75. The maximum atomic E-state index is 13.4. The van der Waals surface area contributed by atoms with Gasteiger partial charge in [-0.25, -0.2) is 9.18 Å². The fraction of sp³-hybridized carbons (Fsp3) is 0.750. The Morgan fingerprint density at radius 3 is 2.26 bits per heavy atom. The fourth-order valence-corrected chi connectivity index (χ4v) is 1.49. The Kier molecular flexibility index (Phi) is 8.48. The molecule has 7 heteroatoms. The van der Waals surface area contributed by atoms with E-state index >= 15 is 0 Å². The summed E-state index contributed by atoms with van der Waals surface area (Å²) in [5.41, 5.74) is 0. The first-order chi connectivity index (χ1) is 8.88. The van der Waals surface area contributed by atoms with Gasteiger partial charge in [-0.1, -0.05) is 26.2 Å². The van der Waals surface area contributed by atoms with Crippen molar-refractivity contribution in [2.45, 2.75) is 57.7 Å². The Balaban J connectivity index is 4.22. The molecule has 0 saturated heterocycles. The second kappa shape index (κ2) is 9.29. The molecule has 1 unspecified atom stereocenters. The number of amides is 1. The molecule has 0 radical (unpaired) electrons. The lowest BCUT2D eigenvalue weighted by Gasteiger charge is -2.15. The number of rotatable bonds is 10. The van der Waals surface area contributed by atoms with E-state index < -0.39 is 36.5 Å². The molecular formula is C12H20FNO5. The highest BCUT2D eigenvalue weighted by Crippen LogP contribution is 2.08. The van der Waals surface area contributed by atoms with Crippen molar-refractivity contribution in [2.24, 2.45) is 0 Å². The van der Waals surface area contributed by atoms with E-state index in [1.165, 1.54) is 0 Å². The smallest absolute Gasteiger partial charge is 0.326 e. The molecule has 0 aliphatic heterocycles. The van der Waals surface area contributed by atoms with E-state index in [9.17, 15) is 18.8 Å². The van der Waals surface area contributed by atoms with Crippen molar-refractivity contribution >= 4 is 17.8 Å². The quantitative estimate of drug-likeness (QED) is 0.523. The molecule has 0 aromatic carbocycles. The van der Waals surface area contributed by atoms with E-state index in [1.54, 1.807) is 0 Å². The van der Waals surface area contributed by atoms with Gasteiger partial charge in [0, 0.05) is 6.42 Å². The van der Waals surface area contributed by atoms with Crippen LogP contribution in [0, 0.1) is 0 Å². The standard InChI is InChI=1S/C12H20FNO5/c1-2-3-4-5-8(13)11(17)14-9(12(18)19)6-7-10(15)16/h8-9H,2-7H2,1H3,(H,14,17)(H,15,16)(H,18,19)/t8?,9-/m0/s1. The molecule has 0 spiro atoms. The van der Waals surface area contributed by atoms with Crippen LogP contribution in [0.1, 0.15) is 45.4 Å². The SMILES string of the molecule is CCCCCC(F)C(=O)N[C@@H](CCC(=O)O)C(=O)O. The molecule has 1 amide bonds. The molecule has 0 aliphatic carbocycles. The third-order valence-electron chi connectivity index (χ3n) is 2.61. The lowest BCUT2D eigenvalue weighted by Crippen LogP contribution is -2.44. The highest BCUT2D eigenvalue weighted by atomic mass is 19.1. The Hall–Kier alpha value is -1.66. The van der Waals surface area contributed by atoms with Crippen LogP contribution in [0.2, 0.25) is 0 Å². The van der Waals surface area contributed by atoms with Crippen LogP contribution in [-0.2, 0) is 14.4 Å². The Labute approximate surface area is 111 Å². The summed E-state index contributed by atoms with van der Waals surface area (Å²) in [5, 5.41) is 19.3. The number of carbonyl (C=O) groups is 3. The van der Waals surface area contributed by atoms with Crippen LogP contribution in [0.25, 0.3) is 0 Å². The monoisotopic (exact) mass is 277 g/mol. The predicted octanol–water partition coefficient (Wildman–Crippen LogP) is 1.34. The summed E-state index contributed by atoms with van der Waals surface area (Å²) in [6.45, 7) is 1.94. The number of carboxylic acid groups (broad SMARTS) is 2. The summed E-state index contributed by atoms with van der Waals surface area (Å²) in [6, 6.07) is -1.37. The van der Waals surface area contributed by atoms with E-state index in [-0.39, 0.29) is 12.8 Å². The number of unbranched alkanes of at least 4 members (excludes halogenated alkanes) is 2. The molecule has 0 heterocycles. The van der Waals surface area contributed by atoms with E-state index in [0.717, 1.165) is 12.8 Å². The Bertz CT molecular complexity index is 321. The Morgan fingerprint density at radius 2 is 1.79 bits per heavy atom. The van der Waals surface area contributed by atoms with Crippen molar-refractivity contribution in [3.05, 3.63) is 0 Å². The second-order valence-corrected chi connectivity index (χ2v) is 4.30. The zero-order valence-corrected chi connectivity index (χ0v) is 10.9. The van der Waals surface area contributed by atoms with Gasteiger partial charge in [-0.2, -0.15) is 0 Å². The van der Waals surface area contributed by atoms with Crippen LogP contribution in [0.3, 0.4) is 0 Å². The molecule has 0 aromatic rings. The number of aliphatic carboxylic acids is 2. The number of nitrogens with one attached hydrogen (secondary N) is 1. The number of alkyl halides is 1. The molecule has 6 nitrogen and oxygen atoms in total. The fourth-order valence-electron chi connectivity index (χ4n) is 1.49. The highest BCUT2D eigenvalue weighted by molar-refractivity contribution is 5.86. The number of halogens is 1. The molecule has 0 aromatic heterocycles. The average molecular weight is 277 g/mol. The lowest BCUT2D eigenvalue weighted by molar-refractivity contribution is -0.143. The molecule has 110 valence electrons. The van der Waals surface area contributed by atoms with Crippen LogP contribution in [0.4, 0.5) is 4.39 Å². The summed E-state index contributed by atoms with van der Waals surface area (Å²) in [7, 11) is 0. The third-order valence-corrected chi connectivity index (χ3v) is 2.61. The first kappa shape index (κ1) is 17.3. The minimum Gasteiger partial charge on any atom is -0.481 e. The summed E-state index contributed by atoms with van der Waals surface area (Å²) in [6.07, 6.45) is -0.122. The molecule has 0 saturated carbocycles. The van der Waals surface area contributed by atoms with Gasteiger partial charge in [-0.3, -0.25) is 9.59 Å². The molecule has 2 atom stereocenters. The lowest BCUT2D eigenvalue weighted by atomic mass is 10.1. The van der Waals surface area contributed by atoms with E-state index in [2.05, 4.69) is 0 Å². The third kappa shape index (κ3) is 8.12. The largest absolute Gasteiger partial charge is 0.481 e. The van der Waals surface area contributed by atoms with Gasteiger partial charge >= 0.3 is 11.9 Å². The van der Waals surface area contributed by atoms with Gasteiger partial charge < -0.3 is 15.5 Å². The van der Waals surface area contributed by atoms with Crippen molar-refractivity contribution in [3.63, 3.8) is 0 Å². The van der Waals surface area contributed by atoms with Gasteiger partial charge in [0.2, 0.25) is 0 Å². The molecule has 0 fully saturated rings. The number of hydrogen-bond donors (Lipinski definition) is 3. The van der Waals surface area contributed by atoms with Gasteiger partial charge in [0.1, 0.15) is 6.04 Å². The zero-order valence-electron chi connectivity index (χ0n) is 10.9. The Morgan fingerprint density at radius 1 is 1.16 bits per heavy atom. The van der Waals surface area contributed by atoms with E-state index in [1.807, 2.05) is 12.2 Å². The average Bonchev–Trinajstić information content (AvgIpc) is 2.33.